The Bertz CT molecular complexity index is 1740. The summed E-state index contributed by atoms with van der Waals surface area (Å²) in [5, 5.41) is 16.8. The average Bonchev–Trinajstić information content (AvgIpc) is 3.25. The normalized spacial score (nSPS) is 18.8. The van der Waals surface area contributed by atoms with Gasteiger partial charge in [0.25, 0.3) is 5.56 Å². The second kappa shape index (κ2) is 7.96. The number of aromatic nitrogens is 2. The van der Waals surface area contributed by atoms with Gasteiger partial charge in [0.05, 0.1) is 35.1 Å². The Hall–Kier alpha value is -4.08. The van der Waals surface area contributed by atoms with Crippen LogP contribution in [0.25, 0.3) is 33.1 Å². The van der Waals surface area contributed by atoms with E-state index in [0.29, 0.717) is 34.7 Å². The lowest BCUT2D eigenvalue weighted by atomic mass is 9.86. The van der Waals surface area contributed by atoms with Gasteiger partial charge in [-0.3, -0.25) is 9.59 Å². The topological polar surface area (TPSA) is 137 Å². The van der Waals surface area contributed by atoms with Crippen LogP contribution in [0.5, 0.6) is 0 Å². The van der Waals surface area contributed by atoms with Crippen LogP contribution in [-0.4, -0.2) is 32.6 Å². The summed E-state index contributed by atoms with van der Waals surface area (Å²) in [6, 6.07) is 10.7. The van der Waals surface area contributed by atoms with E-state index in [2.05, 4.69) is 5.32 Å². The van der Waals surface area contributed by atoms with Gasteiger partial charge in [-0.25, -0.2) is 9.78 Å². The smallest absolute Gasteiger partial charge is 0.343 e. The maximum atomic E-state index is 13.5. The molecule has 4 N–H and O–H groups in total. The number of carbonyl (C=O) groups excluding carboxylic acids is 2. The van der Waals surface area contributed by atoms with Gasteiger partial charge in [0, 0.05) is 22.2 Å². The van der Waals surface area contributed by atoms with Gasteiger partial charge < -0.3 is 25.5 Å². The number of carbonyl (C=O) groups is 2. The molecule has 0 saturated carbocycles. The Balaban J connectivity index is 1.57. The summed E-state index contributed by atoms with van der Waals surface area (Å²) in [6.07, 6.45) is 0.0898. The molecular weight excluding hydrogens is 472 g/mol. The minimum absolute atomic E-state index is 0.0898. The number of hydrogen-bond acceptors (Lipinski definition) is 7. The highest BCUT2D eigenvalue weighted by molar-refractivity contribution is 6.10. The zero-order valence-corrected chi connectivity index (χ0v) is 20.7. The number of fused-ring (bicyclic) bond motifs is 7. The first-order chi connectivity index (χ1) is 17.6. The molecule has 2 aliphatic heterocycles. The van der Waals surface area contributed by atoms with Gasteiger partial charge >= 0.3 is 5.97 Å². The van der Waals surface area contributed by atoms with E-state index in [0.717, 1.165) is 32.8 Å². The molecule has 4 aromatic rings. The number of hydrogen-bond donors (Lipinski definition) is 3. The van der Waals surface area contributed by atoms with Crippen molar-refractivity contribution in [1.82, 2.24) is 9.55 Å². The molecule has 0 saturated heterocycles. The summed E-state index contributed by atoms with van der Waals surface area (Å²) in [5.41, 5.74) is 8.62. The predicted octanol–water partition coefficient (Wildman–Crippen LogP) is 2.83. The molecule has 0 unspecified atom stereocenters. The summed E-state index contributed by atoms with van der Waals surface area (Å²) in [4.78, 5) is 43.0. The molecule has 4 heterocycles. The van der Waals surface area contributed by atoms with Crippen LogP contribution in [0.4, 0.5) is 5.69 Å². The van der Waals surface area contributed by atoms with E-state index in [1.807, 2.05) is 37.3 Å². The lowest BCUT2D eigenvalue weighted by molar-refractivity contribution is -0.172. The molecule has 0 bridgehead atoms. The number of nitrogens with zero attached hydrogens (tertiary/aromatic N) is 2. The van der Waals surface area contributed by atoms with Crippen molar-refractivity contribution in [3.63, 3.8) is 0 Å². The predicted molar refractivity (Wildman–Crippen MR) is 139 cm³/mol. The number of rotatable bonds is 3. The summed E-state index contributed by atoms with van der Waals surface area (Å²) in [5.74, 6) is -1.02. The summed E-state index contributed by atoms with van der Waals surface area (Å²) in [7, 11) is 0. The molecule has 6 rings (SSSR count). The van der Waals surface area contributed by atoms with Crippen LogP contribution < -0.4 is 16.6 Å². The Labute approximate surface area is 211 Å². The highest BCUT2D eigenvalue weighted by atomic mass is 16.6. The minimum Gasteiger partial charge on any atom is -0.458 e. The van der Waals surface area contributed by atoms with E-state index in [4.69, 9.17) is 15.5 Å². The zero-order valence-electron chi connectivity index (χ0n) is 20.7. The minimum atomic E-state index is -1.87. The van der Waals surface area contributed by atoms with Gasteiger partial charge in [0.2, 0.25) is 5.91 Å². The summed E-state index contributed by atoms with van der Waals surface area (Å²) in [6.45, 7) is 5.47. The fourth-order valence-electron chi connectivity index (χ4n) is 5.46. The molecule has 2 aromatic heterocycles. The number of nitrogens with one attached hydrogen (secondary N) is 1. The Morgan fingerprint density at radius 1 is 1.24 bits per heavy atom. The van der Waals surface area contributed by atoms with E-state index in [1.54, 1.807) is 24.5 Å². The molecule has 0 fully saturated rings. The van der Waals surface area contributed by atoms with Crippen molar-refractivity contribution in [2.24, 2.45) is 5.73 Å². The Kier molecular flexibility index (Phi) is 5.02. The summed E-state index contributed by atoms with van der Waals surface area (Å²) >= 11 is 0. The molecule has 0 radical (unpaired) electrons. The number of anilines is 1. The number of amides is 1. The SMILES string of the molecule is CC[C@@]1(O)C(=O)OCc2c1cc1n(c2=O)Cc2c-1nc1ccc3ccc(NC(=O)[C@H](C)N)cc3c1c2C. The van der Waals surface area contributed by atoms with Crippen molar-refractivity contribution in [3.8, 4) is 11.4 Å². The first kappa shape index (κ1) is 23.3. The van der Waals surface area contributed by atoms with Crippen molar-refractivity contribution in [2.75, 3.05) is 5.32 Å². The van der Waals surface area contributed by atoms with Crippen molar-refractivity contribution in [2.45, 2.75) is 52.0 Å². The fourth-order valence-corrected chi connectivity index (χ4v) is 5.46. The average molecular weight is 499 g/mol. The van der Waals surface area contributed by atoms with Crippen LogP contribution in [0.1, 0.15) is 42.5 Å². The second-order valence-electron chi connectivity index (χ2n) is 9.84. The van der Waals surface area contributed by atoms with E-state index < -0.39 is 17.6 Å². The van der Waals surface area contributed by atoms with Gasteiger partial charge in [-0.05, 0) is 60.9 Å². The number of pyridine rings is 2. The van der Waals surface area contributed by atoms with E-state index in [-0.39, 0.29) is 24.5 Å². The molecule has 37 heavy (non-hydrogen) atoms. The van der Waals surface area contributed by atoms with Crippen molar-refractivity contribution in [3.05, 3.63) is 69.0 Å². The molecule has 2 atom stereocenters. The fraction of sp³-hybridized carbons (Fsp3) is 0.286. The third-order valence-corrected chi connectivity index (χ3v) is 7.63. The molecular formula is C28H26N4O5. The van der Waals surface area contributed by atoms with E-state index in [1.165, 1.54) is 0 Å². The van der Waals surface area contributed by atoms with Gasteiger partial charge in [0.15, 0.2) is 5.60 Å². The van der Waals surface area contributed by atoms with Gasteiger partial charge in [-0.15, -0.1) is 0 Å². The monoisotopic (exact) mass is 498 g/mol. The zero-order chi connectivity index (χ0) is 26.2. The molecule has 0 spiro atoms. The van der Waals surface area contributed by atoms with Gasteiger partial charge in [-0.1, -0.05) is 19.1 Å². The Morgan fingerprint density at radius 3 is 2.73 bits per heavy atom. The highest BCUT2D eigenvalue weighted by Gasteiger charge is 2.45. The second-order valence-corrected chi connectivity index (χ2v) is 9.84. The molecule has 2 aliphatic rings. The standard InChI is InChI=1S/C28H26N4O5/c1-4-28(36)20-10-22-24-18(11-32(22)26(34)19(20)12-37-27(28)35)13(2)23-17-9-16(30-25(33)14(3)29)7-5-15(17)6-8-21(23)31-24/h5-10,14,36H,4,11-12,29H2,1-3H3,(H,30,33)/t14-,28-/m0/s1. The van der Waals surface area contributed by atoms with Crippen LogP contribution in [0.2, 0.25) is 0 Å². The molecule has 2 aromatic carbocycles. The number of cyclic esters (lactones) is 1. The van der Waals surface area contributed by atoms with Crippen LogP contribution in [0, 0.1) is 6.92 Å². The number of aliphatic hydroxyl groups is 1. The van der Waals surface area contributed by atoms with Crippen molar-refractivity contribution >= 4 is 39.2 Å². The Morgan fingerprint density at radius 2 is 2.00 bits per heavy atom. The van der Waals surface area contributed by atoms with Crippen LogP contribution in [-0.2, 0) is 33.1 Å². The first-order valence-corrected chi connectivity index (χ1v) is 12.2. The third-order valence-electron chi connectivity index (χ3n) is 7.63. The highest BCUT2D eigenvalue weighted by Crippen LogP contribution is 2.41. The number of aryl methyl sites for hydroxylation is 1. The van der Waals surface area contributed by atoms with E-state index in [9.17, 15) is 19.5 Å². The maximum Gasteiger partial charge on any atom is 0.343 e. The van der Waals surface area contributed by atoms with Crippen molar-refractivity contribution in [1.29, 1.82) is 0 Å². The lowest BCUT2D eigenvalue weighted by Gasteiger charge is -2.31. The molecule has 0 aliphatic carbocycles. The molecule has 1 amide bonds. The maximum absolute atomic E-state index is 13.5. The number of benzene rings is 2. The van der Waals surface area contributed by atoms with Gasteiger partial charge in [-0.2, -0.15) is 0 Å². The quantitative estimate of drug-likeness (QED) is 0.257. The van der Waals surface area contributed by atoms with Crippen molar-refractivity contribution < 1.29 is 19.4 Å². The number of ether oxygens (including phenoxy) is 1. The molecule has 9 heteroatoms. The number of esters is 1. The van der Waals surface area contributed by atoms with Crippen LogP contribution in [0.15, 0.2) is 41.2 Å². The molecule has 188 valence electrons. The van der Waals surface area contributed by atoms with Crippen LogP contribution in [0.3, 0.4) is 0 Å². The van der Waals surface area contributed by atoms with Crippen LogP contribution >= 0.6 is 0 Å². The molecule has 9 nitrogen and oxygen atoms in total. The lowest BCUT2D eigenvalue weighted by Crippen LogP contribution is -2.44. The third kappa shape index (κ3) is 3.24. The number of nitrogens with two attached hydrogens (primary N) is 1. The largest absolute Gasteiger partial charge is 0.458 e. The first-order valence-electron chi connectivity index (χ1n) is 12.2. The van der Waals surface area contributed by atoms with Gasteiger partial charge in [0.1, 0.15) is 6.61 Å². The summed E-state index contributed by atoms with van der Waals surface area (Å²) < 4.78 is 6.79. The van der Waals surface area contributed by atoms with E-state index >= 15 is 0 Å².